The molecule has 1 aromatic carbocycles. The van der Waals surface area contributed by atoms with E-state index in [1.807, 2.05) is 30.3 Å². The number of benzene rings is 1. The van der Waals surface area contributed by atoms with Crippen LogP contribution >= 0.6 is 0 Å². The van der Waals surface area contributed by atoms with E-state index in [9.17, 15) is 4.79 Å². The first-order chi connectivity index (χ1) is 9.68. The van der Waals surface area contributed by atoms with Gasteiger partial charge < -0.3 is 19.6 Å². The Morgan fingerprint density at radius 3 is 2.48 bits per heavy atom. The first-order valence-corrected chi connectivity index (χ1v) is 7.08. The maximum absolute atomic E-state index is 11.5. The minimum absolute atomic E-state index is 0. The summed E-state index contributed by atoms with van der Waals surface area (Å²) in [6.07, 6.45) is 0.804. The van der Waals surface area contributed by atoms with E-state index in [1.165, 1.54) is 0 Å². The Morgan fingerprint density at radius 1 is 1.14 bits per heavy atom. The van der Waals surface area contributed by atoms with Gasteiger partial charge >= 0.3 is 58.2 Å². The van der Waals surface area contributed by atoms with Crippen LogP contribution in [-0.2, 0) is 20.8 Å². The Labute approximate surface area is 176 Å². The molecule has 0 saturated carbocycles. The molecule has 21 heavy (non-hydrogen) atoms. The van der Waals surface area contributed by atoms with E-state index in [0.29, 0.717) is 25.7 Å². The zero-order valence-corrected chi connectivity index (χ0v) is 18.3. The van der Waals surface area contributed by atoms with Crippen LogP contribution in [0.3, 0.4) is 0 Å². The summed E-state index contributed by atoms with van der Waals surface area (Å²) in [6, 6.07) is 9.70. The molecule has 0 fully saturated rings. The van der Waals surface area contributed by atoms with Crippen LogP contribution in [0.15, 0.2) is 30.3 Å². The predicted octanol–water partition coefficient (Wildman–Crippen LogP) is 0.170. The summed E-state index contributed by atoms with van der Waals surface area (Å²) >= 11 is 0. The Hall–Kier alpha value is 0.415. The zero-order chi connectivity index (χ0) is 14.6. The van der Waals surface area contributed by atoms with Crippen LogP contribution in [0.5, 0.6) is 0 Å². The van der Waals surface area contributed by atoms with Gasteiger partial charge in [-0.15, -0.1) is 6.54 Å². The molecule has 0 bridgehead atoms. The predicted molar refractivity (Wildman–Crippen MR) is 79.6 cm³/mol. The SMILES string of the molecule is CC(C)COCCCOCC(=O)[N-]Cc1ccccc1.[Rb+]. The summed E-state index contributed by atoms with van der Waals surface area (Å²) in [6.45, 7) is 6.67. The molecule has 1 aromatic rings. The summed E-state index contributed by atoms with van der Waals surface area (Å²) in [4.78, 5) is 11.5. The molecule has 0 spiro atoms. The molecule has 1 amide bonds. The van der Waals surface area contributed by atoms with Gasteiger partial charge in [-0.1, -0.05) is 49.7 Å². The smallest absolute Gasteiger partial charge is 0.648 e. The molecular weight excluding hydrogens is 340 g/mol. The summed E-state index contributed by atoms with van der Waals surface area (Å²) in [5.74, 6) is 0.339. The Morgan fingerprint density at radius 2 is 1.81 bits per heavy atom. The Kier molecular flexibility index (Phi) is 14.3. The van der Waals surface area contributed by atoms with Crippen LogP contribution < -0.4 is 58.2 Å². The van der Waals surface area contributed by atoms with Crippen molar-refractivity contribution in [1.82, 2.24) is 0 Å². The number of nitrogens with zero attached hydrogens (tertiary/aromatic N) is 1. The monoisotopic (exact) mass is 363 g/mol. The standard InChI is InChI=1S/C16H25NO3.Rb/c1-14(2)12-19-9-6-10-20-13-16(18)17-11-15-7-4-3-5-8-15;/h3-5,7-8,14H,6,9-13H2,1-2H3,(H,17,18);/q;+1/p-1. The van der Waals surface area contributed by atoms with E-state index in [0.717, 1.165) is 18.6 Å². The average Bonchev–Trinajstić information content (AvgIpc) is 2.45. The summed E-state index contributed by atoms with van der Waals surface area (Å²) < 4.78 is 10.7. The largest absolute Gasteiger partial charge is 1.00 e. The molecule has 5 heteroatoms. The maximum atomic E-state index is 11.5. The van der Waals surface area contributed by atoms with Gasteiger partial charge in [0.1, 0.15) is 0 Å². The van der Waals surface area contributed by atoms with E-state index in [2.05, 4.69) is 19.2 Å². The molecule has 0 aliphatic carbocycles. The molecule has 0 radical (unpaired) electrons. The summed E-state index contributed by atoms with van der Waals surface area (Å²) in [7, 11) is 0. The van der Waals surface area contributed by atoms with Gasteiger partial charge in [-0.25, -0.2) is 0 Å². The van der Waals surface area contributed by atoms with E-state index in [1.54, 1.807) is 0 Å². The van der Waals surface area contributed by atoms with Crippen LogP contribution in [0, 0.1) is 5.92 Å². The van der Waals surface area contributed by atoms with Crippen molar-refractivity contribution in [3.63, 3.8) is 0 Å². The molecule has 112 valence electrons. The topological polar surface area (TPSA) is 49.6 Å². The third-order valence-electron chi connectivity index (χ3n) is 2.53. The molecule has 0 aliphatic heterocycles. The summed E-state index contributed by atoms with van der Waals surface area (Å²) in [5.41, 5.74) is 1.03. The van der Waals surface area contributed by atoms with E-state index < -0.39 is 0 Å². The van der Waals surface area contributed by atoms with Crippen molar-refractivity contribution in [2.45, 2.75) is 26.8 Å². The fourth-order valence-electron chi connectivity index (χ4n) is 1.55. The normalized spacial score (nSPS) is 10.2. The van der Waals surface area contributed by atoms with Crippen molar-refractivity contribution in [2.24, 2.45) is 5.92 Å². The molecule has 4 nitrogen and oxygen atoms in total. The summed E-state index contributed by atoms with van der Waals surface area (Å²) in [5, 5.41) is 3.96. The van der Waals surface area contributed by atoms with Crippen molar-refractivity contribution in [1.29, 1.82) is 0 Å². The van der Waals surface area contributed by atoms with Crippen LogP contribution in [0.25, 0.3) is 5.32 Å². The van der Waals surface area contributed by atoms with E-state index in [4.69, 9.17) is 9.47 Å². The molecule has 0 heterocycles. The number of hydrogen-bond acceptors (Lipinski definition) is 3. The number of amides is 1. The third-order valence-corrected chi connectivity index (χ3v) is 2.53. The fraction of sp³-hybridized carbons (Fsp3) is 0.562. The molecular formula is C16H24NO3Rb. The van der Waals surface area contributed by atoms with E-state index >= 15 is 0 Å². The van der Waals surface area contributed by atoms with Crippen molar-refractivity contribution < 1.29 is 72.5 Å². The van der Waals surface area contributed by atoms with Gasteiger partial charge in [0, 0.05) is 19.8 Å². The number of carbonyl (C=O) groups excluding carboxylic acids is 1. The van der Waals surface area contributed by atoms with Crippen molar-refractivity contribution in [3.8, 4) is 0 Å². The Balaban J connectivity index is 0.00000400. The third kappa shape index (κ3) is 12.6. The van der Waals surface area contributed by atoms with Crippen molar-refractivity contribution in [3.05, 3.63) is 41.2 Å². The molecule has 0 saturated heterocycles. The number of ether oxygens (including phenoxy) is 2. The number of hydrogen-bond donors (Lipinski definition) is 0. The van der Waals surface area contributed by atoms with Crippen molar-refractivity contribution in [2.75, 3.05) is 26.4 Å². The zero-order valence-electron chi connectivity index (χ0n) is 13.4. The van der Waals surface area contributed by atoms with Crippen LogP contribution in [-0.4, -0.2) is 32.3 Å². The van der Waals surface area contributed by atoms with E-state index in [-0.39, 0.29) is 70.7 Å². The van der Waals surface area contributed by atoms with Crippen LogP contribution in [0.2, 0.25) is 0 Å². The van der Waals surface area contributed by atoms with Gasteiger partial charge in [-0.05, 0) is 12.3 Å². The molecule has 0 aromatic heterocycles. The van der Waals surface area contributed by atoms with Crippen LogP contribution in [0.4, 0.5) is 0 Å². The minimum Gasteiger partial charge on any atom is -0.648 e. The van der Waals surface area contributed by atoms with Gasteiger partial charge in [0.15, 0.2) is 0 Å². The van der Waals surface area contributed by atoms with Gasteiger partial charge in [0.05, 0.1) is 12.5 Å². The van der Waals surface area contributed by atoms with Crippen molar-refractivity contribution >= 4 is 5.91 Å². The van der Waals surface area contributed by atoms with Gasteiger partial charge in [-0.3, -0.25) is 0 Å². The fourth-order valence-corrected chi connectivity index (χ4v) is 1.55. The molecule has 1 rings (SSSR count). The molecule has 0 unspecified atom stereocenters. The van der Waals surface area contributed by atoms with Gasteiger partial charge in [-0.2, -0.15) is 0 Å². The second-order valence-electron chi connectivity index (χ2n) is 5.07. The molecule has 0 atom stereocenters. The van der Waals surface area contributed by atoms with Gasteiger partial charge in [0.2, 0.25) is 0 Å². The first kappa shape index (κ1) is 21.4. The Bertz CT molecular complexity index is 371. The second kappa shape index (κ2) is 14.0. The number of rotatable bonds is 10. The second-order valence-corrected chi connectivity index (χ2v) is 5.07. The van der Waals surface area contributed by atoms with Gasteiger partial charge in [0.25, 0.3) is 0 Å². The molecule has 0 aliphatic rings. The first-order valence-electron chi connectivity index (χ1n) is 7.08. The van der Waals surface area contributed by atoms with Crippen LogP contribution in [0.1, 0.15) is 25.8 Å². The minimum atomic E-state index is -0.211. The maximum Gasteiger partial charge on any atom is 1.00 e. The molecule has 0 N–H and O–H groups in total. The quantitative estimate of drug-likeness (QED) is 0.557. The number of carbonyl (C=O) groups is 1. The average molecular weight is 364 g/mol.